The summed E-state index contributed by atoms with van der Waals surface area (Å²) >= 11 is 12.1. The fourth-order valence-electron chi connectivity index (χ4n) is 4.56. The molecule has 5 heteroatoms. The lowest BCUT2D eigenvalue weighted by Crippen LogP contribution is -2.62. The Bertz CT molecular complexity index is 626. The molecule has 1 aromatic rings. The van der Waals surface area contributed by atoms with Gasteiger partial charge >= 0.3 is 5.91 Å². The summed E-state index contributed by atoms with van der Waals surface area (Å²) in [4.78, 5) is 15.8. The van der Waals surface area contributed by atoms with Crippen LogP contribution in [0.15, 0.2) is 18.2 Å². The predicted octanol–water partition coefficient (Wildman–Crippen LogP) is 4.55. The Hall–Kier alpha value is -0.610. The Morgan fingerprint density at radius 2 is 1.76 bits per heavy atom. The highest BCUT2D eigenvalue weighted by Gasteiger charge is 2.44. The second-order valence-corrected chi connectivity index (χ2v) is 8.84. The minimum atomic E-state index is 0.259. The van der Waals surface area contributed by atoms with Crippen LogP contribution < -0.4 is 0 Å². The molecule has 0 N–H and O–H groups in total. The van der Waals surface area contributed by atoms with Crippen molar-refractivity contribution < 1.29 is 9.28 Å². The van der Waals surface area contributed by atoms with E-state index in [4.69, 9.17) is 23.2 Å². The Morgan fingerprint density at radius 3 is 2.44 bits per heavy atom. The number of halogens is 2. The van der Waals surface area contributed by atoms with E-state index in [1.807, 2.05) is 12.1 Å². The van der Waals surface area contributed by atoms with Gasteiger partial charge in [-0.05, 0) is 56.5 Å². The van der Waals surface area contributed by atoms with Crippen molar-refractivity contribution in [2.45, 2.75) is 57.0 Å². The van der Waals surface area contributed by atoms with E-state index in [-0.39, 0.29) is 5.91 Å². The molecule has 2 aliphatic rings. The highest BCUT2D eigenvalue weighted by Crippen LogP contribution is 2.32. The Kier molecular flexibility index (Phi) is 6.10. The van der Waals surface area contributed by atoms with Crippen molar-refractivity contribution in [1.82, 2.24) is 4.90 Å². The first-order valence-electron chi connectivity index (χ1n) is 9.44. The maximum atomic E-state index is 13.2. The molecule has 3 rings (SSSR count). The minimum Gasteiger partial charge on any atom is -0.295 e. The van der Waals surface area contributed by atoms with Gasteiger partial charge in [0.15, 0.2) is 0 Å². The van der Waals surface area contributed by atoms with Crippen molar-refractivity contribution in [2.24, 2.45) is 0 Å². The van der Waals surface area contributed by atoms with Crippen molar-refractivity contribution >= 4 is 29.1 Å². The number of amides is 1. The fraction of sp³-hybridized carbons (Fsp3) is 0.650. The van der Waals surface area contributed by atoms with E-state index >= 15 is 0 Å². The van der Waals surface area contributed by atoms with Crippen LogP contribution in [-0.2, 0) is 11.2 Å². The third kappa shape index (κ3) is 4.21. The SMILES string of the molecule is C[N+](C)(C(=O)Cc1ccc(Cl)c(Cl)c1)[C@@H]1CCCC[C@H]1N1CCCC1. The van der Waals surface area contributed by atoms with E-state index in [2.05, 4.69) is 19.0 Å². The number of likely N-dealkylation sites (tertiary alicyclic amines) is 1. The summed E-state index contributed by atoms with van der Waals surface area (Å²) in [5.41, 5.74) is 0.944. The van der Waals surface area contributed by atoms with Gasteiger partial charge in [0, 0.05) is 6.42 Å². The quantitative estimate of drug-likeness (QED) is 0.710. The van der Waals surface area contributed by atoms with Crippen LogP contribution in [-0.4, -0.2) is 54.6 Å². The second-order valence-electron chi connectivity index (χ2n) is 8.02. The lowest BCUT2D eigenvalue weighted by Gasteiger charge is -2.45. The van der Waals surface area contributed by atoms with Gasteiger partial charge in [-0.3, -0.25) is 9.38 Å². The molecule has 0 aromatic heterocycles. The smallest absolute Gasteiger partial charge is 0.295 e. The number of benzene rings is 1. The van der Waals surface area contributed by atoms with Gasteiger partial charge in [-0.1, -0.05) is 35.7 Å². The molecule has 138 valence electrons. The van der Waals surface area contributed by atoms with Crippen LogP contribution in [0.2, 0.25) is 10.0 Å². The Balaban J connectivity index is 1.75. The molecule has 1 amide bonds. The number of rotatable bonds is 4. The summed E-state index contributed by atoms with van der Waals surface area (Å²) < 4.78 is 0.460. The summed E-state index contributed by atoms with van der Waals surface area (Å²) in [6.45, 7) is 2.39. The lowest BCUT2D eigenvalue weighted by atomic mass is 9.86. The molecule has 0 radical (unpaired) electrons. The lowest BCUT2D eigenvalue weighted by molar-refractivity contribution is -0.845. The van der Waals surface area contributed by atoms with Crippen molar-refractivity contribution in [2.75, 3.05) is 27.2 Å². The topological polar surface area (TPSA) is 20.3 Å². The van der Waals surface area contributed by atoms with E-state index in [0.717, 1.165) is 12.0 Å². The zero-order chi connectivity index (χ0) is 18.0. The molecule has 3 nitrogen and oxygen atoms in total. The summed E-state index contributed by atoms with van der Waals surface area (Å²) in [7, 11) is 4.19. The van der Waals surface area contributed by atoms with Crippen LogP contribution in [0, 0.1) is 0 Å². The molecular weight excluding hydrogens is 355 g/mol. The summed E-state index contributed by atoms with van der Waals surface area (Å²) in [5, 5.41) is 1.05. The highest BCUT2D eigenvalue weighted by molar-refractivity contribution is 6.42. The normalized spacial score (nSPS) is 25.3. The number of nitrogens with zero attached hydrogens (tertiary/aromatic N) is 2. The standard InChI is InChI=1S/C20H29Cl2N2O/c1-24(2,20(25)14-15-9-10-16(21)17(22)13-15)19-8-4-3-7-18(19)23-11-5-6-12-23/h9-10,13,18-19H,3-8,11-12,14H2,1-2H3/q+1/t18-,19-/m1/s1. The molecule has 1 saturated carbocycles. The van der Waals surface area contributed by atoms with Crippen LogP contribution in [0.3, 0.4) is 0 Å². The minimum absolute atomic E-state index is 0.259. The molecule has 1 saturated heterocycles. The molecule has 0 spiro atoms. The van der Waals surface area contributed by atoms with Crippen molar-refractivity contribution in [3.8, 4) is 0 Å². The monoisotopic (exact) mass is 383 g/mol. The van der Waals surface area contributed by atoms with Crippen LogP contribution in [0.25, 0.3) is 0 Å². The first-order valence-corrected chi connectivity index (χ1v) is 10.2. The molecule has 25 heavy (non-hydrogen) atoms. The number of carbonyl (C=O) groups is 1. The largest absolute Gasteiger partial charge is 0.317 e. The van der Waals surface area contributed by atoms with Gasteiger partial charge in [-0.2, -0.15) is 0 Å². The van der Waals surface area contributed by atoms with Crippen LogP contribution in [0.1, 0.15) is 44.1 Å². The fourth-order valence-corrected chi connectivity index (χ4v) is 4.88. The number of hydrogen-bond donors (Lipinski definition) is 0. The zero-order valence-electron chi connectivity index (χ0n) is 15.3. The van der Waals surface area contributed by atoms with Crippen molar-refractivity contribution in [3.05, 3.63) is 33.8 Å². The van der Waals surface area contributed by atoms with E-state index in [1.165, 1.54) is 45.2 Å². The average molecular weight is 384 g/mol. The zero-order valence-corrected chi connectivity index (χ0v) is 16.8. The predicted molar refractivity (Wildman–Crippen MR) is 104 cm³/mol. The van der Waals surface area contributed by atoms with Crippen molar-refractivity contribution in [1.29, 1.82) is 0 Å². The molecular formula is C20H29Cl2N2O+. The number of carbonyl (C=O) groups excluding carboxylic acids is 1. The van der Waals surface area contributed by atoms with Crippen molar-refractivity contribution in [3.63, 3.8) is 0 Å². The van der Waals surface area contributed by atoms with Crippen LogP contribution >= 0.6 is 23.2 Å². The second kappa shape index (κ2) is 7.96. The molecule has 2 fully saturated rings. The Morgan fingerprint density at radius 1 is 1.08 bits per heavy atom. The molecule has 1 heterocycles. The van der Waals surface area contributed by atoms with Gasteiger partial charge in [-0.15, -0.1) is 0 Å². The molecule has 2 atom stereocenters. The Labute approximate surface area is 161 Å². The summed E-state index contributed by atoms with van der Waals surface area (Å²) in [5.74, 6) is 0.259. The molecule has 0 bridgehead atoms. The van der Waals surface area contributed by atoms with Gasteiger partial charge in [-0.25, -0.2) is 4.79 Å². The van der Waals surface area contributed by atoms with Gasteiger partial charge in [0.2, 0.25) is 0 Å². The van der Waals surface area contributed by atoms with E-state index in [9.17, 15) is 4.79 Å². The average Bonchev–Trinajstić information content (AvgIpc) is 3.12. The van der Waals surface area contributed by atoms with Crippen LogP contribution in [0.4, 0.5) is 0 Å². The molecule has 0 unspecified atom stereocenters. The summed E-state index contributed by atoms with van der Waals surface area (Å²) in [6.07, 6.45) is 7.90. The van der Waals surface area contributed by atoms with E-state index in [1.54, 1.807) is 6.07 Å². The molecule has 1 aliphatic heterocycles. The molecule has 1 aromatic carbocycles. The summed E-state index contributed by atoms with van der Waals surface area (Å²) in [6, 6.07) is 6.44. The first kappa shape index (κ1) is 19.2. The van der Waals surface area contributed by atoms with E-state index < -0.39 is 0 Å². The third-order valence-corrected chi connectivity index (χ3v) is 6.85. The van der Waals surface area contributed by atoms with Gasteiger partial charge in [0.1, 0.15) is 6.04 Å². The maximum Gasteiger partial charge on any atom is 0.317 e. The van der Waals surface area contributed by atoms with E-state index in [0.29, 0.717) is 33.0 Å². The first-order chi connectivity index (χ1) is 11.9. The molecule has 1 aliphatic carbocycles. The number of hydrogen-bond acceptors (Lipinski definition) is 2. The number of likely N-dealkylation sites (N-methyl/N-ethyl adjacent to an activating group) is 1. The van der Waals surface area contributed by atoms with Gasteiger partial charge in [0.05, 0.1) is 36.6 Å². The van der Waals surface area contributed by atoms with Gasteiger partial charge < -0.3 is 0 Å². The van der Waals surface area contributed by atoms with Gasteiger partial charge in [0.25, 0.3) is 0 Å². The number of quaternary nitrogens is 1. The maximum absolute atomic E-state index is 13.2. The highest BCUT2D eigenvalue weighted by atomic mass is 35.5. The van der Waals surface area contributed by atoms with Crippen LogP contribution in [0.5, 0.6) is 0 Å². The third-order valence-electron chi connectivity index (χ3n) is 6.11.